The normalized spacial score (nSPS) is 20.0. The minimum atomic E-state index is -2.82. The summed E-state index contributed by atoms with van der Waals surface area (Å²) in [6, 6.07) is 6.00. The first kappa shape index (κ1) is 16.1. The maximum absolute atomic E-state index is 11.5. The molecule has 0 spiro atoms. The van der Waals surface area contributed by atoms with Crippen LogP contribution in [-0.2, 0) is 9.84 Å². The van der Waals surface area contributed by atoms with Crippen LogP contribution in [0.5, 0.6) is 11.5 Å². The zero-order chi connectivity index (χ0) is 15.5. The minimum Gasteiger partial charge on any atom is -0.497 e. The summed E-state index contributed by atoms with van der Waals surface area (Å²) >= 11 is 0. The standard InChI is InChI=1S/C15H23NO4S/c1-11(16-12-6-8-21(17,18)9-7-12)14-10-13(19-2)4-5-15(14)20-3/h4-5,10-12,16H,6-9H2,1-3H3. The smallest absolute Gasteiger partial charge is 0.150 e. The van der Waals surface area contributed by atoms with E-state index in [1.165, 1.54) is 0 Å². The van der Waals surface area contributed by atoms with Crippen molar-refractivity contribution in [3.05, 3.63) is 23.8 Å². The molecule has 0 radical (unpaired) electrons. The Morgan fingerprint density at radius 2 is 1.86 bits per heavy atom. The van der Waals surface area contributed by atoms with E-state index in [-0.39, 0.29) is 23.6 Å². The molecule has 118 valence electrons. The van der Waals surface area contributed by atoms with Crippen molar-refractivity contribution in [1.82, 2.24) is 5.32 Å². The van der Waals surface area contributed by atoms with Crippen molar-refractivity contribution < 1.29 is 17.9 Å². The summed E-state index contributed by atoms with van der Waals surface area (Å²) in [6.07, 6.45) is 1.33. The van der Waals surface area contributed by atoms with E-state index >= 15 is 0 Å². The summed E-state index contributed by atoms with van der Waals surface area (Å²) in [6.45, 7) is 2.06. The molecule has 6 heteroatoms. The predicted molar refractivity (Wildman–Crippen MR) is 82.8 cm³/mol. The highest BCUT2D eigenvalue weighted by Crippen LogP contribution is 2.30. The highest BCUT2D eigenvalue weighted by atomic mass is 32.2. The van der Waals surface area contributed by atoms with Crippen molar-refractivity contribution in [3.8, 4) is 11.5 Å². The lowest BCUT2D eigenvalue weighted by Crippen LogP contribution is -2.38. The Kier molecular flexibility index (Phi) is 5.11. The summed E-state index contributed by atoms with van der Waals surface area (Å²) in [5, 5.41) is 3.50. The molecule has 1 unspecified atom stereocenters. The van der Waals surface area contributed by atoms with Gasteiger partial charge in [0.1, 0.15) is 21.3 Å². The van der Waals surface area contributed by atoms with Crippen LogP contribution in [0, 0.1) is 0 Å². The summed E-state index contributed by atoms with van der Waals surface area (Å²) in [7, 11) is 0.454. The Balaban J connectivity index is 2.08. The molecule has 1 aromatic rings. The molecule has 1 aliphatic heterocycles. The molecule has 0 amide bonds. The van der Waals surface area contributed by atoms with Crippen molar-refractivity contribution in [3.63, 3.8) is 0 Å². The molecule has 0 aromatic heterocycles. The van der Waals surface area contributed by atoms with E-state index in [4.69, 9.17) is 9.47 Å². The van der Waals surface area contributed by atoms with Gasteiger partial charge in [-0.25, -0.2) is 8.42 Å². The van der Waals surface area contributed by atoms with Gasteiger partial charge in [0.05, 0.1) is 25.7 Å². The lowest BCUT2D eigenvalue weighted by Gasteiger charge is -2.27. The first-order chi connectivity index (χ1) is 9.95. The lowest BCUT2D eigenvalue weighted by atomic mass is 10.0. The van der Waals surface area contributed by atoms with Crippen LogP contribution in [-0.4, -0.2) is 40.2 Å². The fourth-order valence-corrected chi connectivity index (χ4v) is 4.17. The highest BCUT2D eigenvalue weighted by molar-refractivity contribution is 7.91. The van der Waals surface area contributed by atoms with Crippen LogP contribution in [0.4, 0.5) is 0 Å². The minimum absolute atomic E-state index is 0.0702. The number of sulfone groups is 1. The van der Waals surface area contributed by atoms with Crippen molar-refractivity contribution in [2.24, 2.45) is 0 Å². The second-order valence-corrected chi connectivity index (χ2v) is 7.73. The largest absolute Gasteiger partial charge is 0.497 e. The van der Waals surface area contributed by atoms with Crippen LogP contribution in [0.3, 0.4) is 0 Å². The van der Waals surface area contributed by atoms with E-state index in [9.17, 15) is 8.42 Å². The Bertz CT molecular complexity index is 571. The van der Waals surface area contributed by atoms with Crippen LogP contribution < -0.4 is 14.8 Å². The molecule has 1 aliphatic rings. The molecule has 1 aromatic carbocycles. The SMILES string of the molecule is COc1ccc(OC)c(C(C)NC2CCS(=O)(=O)CC2)c1. The summed E-state index contributed by atoms with van der Waals surface area (Å²) < 4.78 is 33.6. The van der Waals surface area contributed by atoms with Crippen LogP contribution in [0.1, 0.15) is 31.4 Å². The number of hydrogen-bond donors (Lipinski definition) is 1. The van der Waals surface area contributed by atoms with Gasteiger partial charge < -0.3 is 14.8 Å². The van der Waals surface area contributed by atoms with Crippen molar-refractivity contribution >= 4 is 9.84 Å². The molecule has 2 rings (SSSR count). The maximum atomic E-state index is 11.5. The highest BCUT2D eigenvalue weighted by Gasteiger charge is 2.25. The van der Waals surface area contributed by atoms with E-state index in [1.54, 1.807) is 14.2 Å². The van der Waals surface area contributed by atoms with E-state index < -0.39 is 9.84 Å². The first-order valence-corrected chi connectivity index (χ1v) is 8.95. The number of benzene rings is 1. The summed E-state index contributed by atoms with van der Waals surface area (Å²) in [4.78, 5) is 0. The molecule has 0 saturated carbocycles. The number of ether oxygens (including phenoxy) is 2. The second-order valence-electron chi connectivity index (χ2n) is 5.42. The van der Waals surface area contributed by atoms with E-state index in [2.05, 4.69) is 12.2 Å². The zero-order valence-electron chi connectivity index (χ0n) is 12.8. The Morgan fingerprint density at radius 3 is 2.43 bits per heavy atom. The molecule has 1 saturated heterocycles. The van der Waals surface area contributed by atoms with Gasteiger partial charge in [-0.3, -0.25) is 0 Å². The van der Waals surface area contributed by atoms with E-state index in [1.807, 2.05) is 18.2 Å². The van der Waals surface area contributed by atoms with Gasteiger partial charge >= 0.3 is 0 Å². The van der Waals surface area contributed by atoms with Gasteiger partial charge in [0.2, 0.25) is 0 Å². The quantitative estimate of drug-likeness (QED) is 0.900. The third-order valence-corrected chi connectivity index (χ3v) is 5.66. The average Bonchev–Trinajstić information content (AvgIpc) is 2.48. The summed E-state index contributed by atoms with van der Waals surface area (Å²) in [5.74, 6) is 2.13. The lowest BCUT2D eigenvalue weighted by molar-refractivity contribution is 0.377. The van der Waals surface area contributed by atoms with Crippen LogP contribution in [0.2, 0.25) is 0 Å². The van der Waals surface area contributed by atoms with Gasteiger partial charge in [-0.15, -0.1) is 0 Å². The average molecular weight is 313 g/mol. The zero-order valence-corrected chi connectivity index (χ0v) is 13.6. The van der Waals surface area contributed by atoms with Gasteiger partial charge in [-0.1, -0.05) is 0 Å². The molecular formula is C15H23NO4S. The van der Waals surface area contributed by atoms with Gasteiger partial charge in [0.25, 0.3) is 0 Å². The van der Waals surface area contributed by atoms with Crippen molar-refractivity contribution in [2.45, 2.75) is 31.8 Å². The third kappa shape index (κ3) is 4.11. The third-order valence-electron chi connectivity index (χ3n) is 3.94. The van der Waals surface area contributed by atoms with Crippen LogP contribution >= 0.6 is 0 Å². The molecule has 1 N–H and O–H groups in total. The molecule has 1 heterocycles. The number of nitrogens with one attached hydrogen (secondary N) is 1. The van der Waals surface area contributed by atoms with Gasteiger partial charge in [0.15, 0.2) is 0 Å². The van der Waals surface area contributed by atoms with Crippen molar-refractivity contribution in [1.29, 1.82) is 0 Å². The maximum Gasteiger partial charge on any atom is 0.150 e. The monoisotopic (exact) mass is 313 g/mol. The van der Waals surface area contributed by atoms with Gasteiger partial charge in [0, 0.05) is 17.6 Å². The van der Waals surface area contributed by atoms with Crippen LogP contribution in [0.25, 0.3) is 0 Å². The molecule has 0 bridgehead atoms. The fourth-order valence-electron chi connectivity index (χ4n) is 2.68. The second kappa shape index (κ2) is 6.66. The van der Waals surface area contributed by atoms with Crippen molar-refractivity contribution in [2.75, 3.05) is 25.7 Å². The number of rotatable bonds is 5. The number of hydrogen-bond acceptors (Lipinski definition) is 5. The first-order valence-electron chi connectivity index (χ1n) is 7.13. The Hall–Kier alpha value is -1.27. The fraction of sp³-hybridized carbons (Fsp3) is 0.600. The van der Waals surface area contributed by atoms with E-state index in [0.29, 0.717) is 12.8 Å². The van der Waals surface area contributed by atoms with Gasteiger partial charge in [-0.05, 0) is 38.0 Å². The molecule has 0 aliphatic carbocycles. The number of methoxy groups -OCH3 is 2. The predicted octanol–water partition coefficient (Wildman–Crippen LogP) is 1.93. The molecule has 1 atom stereocenters. The molecular weight excluding hydrogens is 290 g/mol. The van der Waals surface area contributed by atoms with Crippen LogP contribution in [0.15, 0.2) is 18.2 Å². The molecule has 21 heavy (non-hydrogen) atoms. The van der Waals surface area contributed by atoms with Gasteiger partial charge in [-0.2, -0.15) is 0 Å². The van der Waals surface area contributed by atoms with E-state index in [0.717, 1.165) is 17.1 Å². The molecule has 1 fully saturated rings. The molecule has 5 nitrogen and oxygen atoms in total. The Morgan fingerprint density at radius 1 is 1.19 bits per heavy atom. The topological polar surface area (TPSA) is 64.6 Å². The summed E-state index contributed by atoms with van der Waals surface area (Å²) in [5.41, 5.74) is 1.02. The Labute approximate surface area is 126 Å².